The highest BCUT2D eigenvalue weighted by Crippen LogP contribution is 2.22. The lowest BCUT2D eigenvalue weighted by atomic mass is 10.1. The lowest BCUT2D eigenvalue weighted by Gasteiger charge is -2.30. The van der Waals surface area contributed by atoms with Crippen LogP contribution in [0.4, 0.5) is 10.1 Å². The molecular weight excluding hydrogens is 221 g/mol. The van der Waals surface area contributed by atoms with Crippen LogP contribution >= 0.6 is 0 Å². The first kappa shape index (κ1) is 13.5. The first-order valence-corrected chi connectivity index (χ1v) is 5.85. The molecular formula is C13H18FNO2. The van der Waals surface area contributed by atoms with Gasteiger partial charge in [-0.05, 0) is 25.0 Å². The van der Waals surface area contributed by atoms with E-state index >= 15 is 0 Å². The predicted octanol–water partition coefficient (Wildman–Crippen LogP) is 2.91. The lowest BCUT2D eigenvalue weighted by Crippen LogP contribution is -2.41. The van der Waals surface area contributed by atoms with E-state index in [4.69, 9.17) is 5.11 Å². The van der Waals surface area contributed by atoms with Crippen LogP contribution in [0.15, 0.2) is 24.3 Å². The molecule has 1 rings (SSSR count). The molecule has 1 atom stereocenters. The highest BCUT2D eigenvalue weighted by Gasteiger charge is 2.25. The van der Waals surface area contributed by atoms with E-state index in [2.05, 4.69) is 0 Å². The third-order valence-corrected chi connectivity index (χ3v) is 2.67. The molecule has 17 heavy (non-hydrogen) atoms. The molecule has 1 aromatic rings. The number of benzene rings is 1. The fourth-order valence-electron chi connectivity index (χ4n) is 1.90. The first-order chi connectivity index (χ1) is 8.11. The molecule has 94 valence electrons. The Morgan fingerprint density at radius 1 is 1.41 bits per heavy atom. The van der Waals surface area contributed by atoms with Gasteiger partial charge in [-0.1, -0.05) is 26.0 Å². The summed E-state index contributed by atoms with van der Waals surface area (Å²) in [5.41, 5.74) is 0.364. The summed E-state index contributed by atoms with van der Waals surface area (Å²) in [6.07, 6.45) is 1.22. The molecule has 0 radical (unpaired) electrons. The normalized spacial score (nSPS) is 12.2. The van der Waals surface area contributed by atoms with Crippen LogP contribution in [0.3, 0.4) is 0 Å². The number of carboxylic acid groups (broad SMARTS) is 1. The van der Waals surface area contributed by atoms with Crippen LogP contribution in [0.5, 0.6) is 0 Å². The van der Waals surface area contributed by atoms with Crippen LogP contribution < -0.4 is 4.90 Å². The number of hydrogen-bond donors (Lipinski definition) is 1. The highest BCUT2D eigenvalue weighted by atomic mass is 19.1. The average molecular weight is 239 g/mol. The molecule has 3 nitrogen and oxygen atoms in total. The number of hydrogen-bond acceptors (Lipinski definition) is 2. The second kappa shape index (κ2) is 6.23. The maximum absolute atomic E-state index is 13.7. The number of carbonyl (C=O) groups is 1. The number of nitrogens with zero attached hydrogens (tertiary/aromatic N) is 1. The average Bonchev–Trinajstić information content (AvgIpc) is 2.29. The minimum absolute atomic E-state index is 0.364. The number of rotatable bonds is 6. The van der Waals surface area contributed by atoms with Crippen LogP contribution in [0, 0.1) is 5.82 Å². The summed E-state index contributed by atoms with van der Waals surface area (Å²) in [6.45, 7) is 4.27. The van der Waals surface area contributed by atoms with E-state index in [-0.39, 0.29) is 5.82 Å². The molecule has 0 spiro atoms. The molecule has 1 N–H and O–H groups in total. The summed E-state index contributed by atoms with van der Waals surface area (Å²) in [5, 5.41) is 9.16. The van der Waals surface area contributed by atoms with Crippen molar-refractivity contribution in [2.75, 3.05) is 11.4 Å². The molecule has 4 heteroatoms. The number of halogens is 1. The van der Waals surface area contributed by atoms with Gasteiger partial charge >= 0.3 is 5.97 Å². The Morgan fingerprint density at radius 3 is 2.53 bits per heavy atom. The van der Waals surface area contributed by atoms with Gasteiger partial charge in [-0.25, -0.2) is 9.18 Å². The van der Waals surface area contributed by atoms with E-state index in [1.54, 1.807) is 30.0 Å². The van der Waals surface area contributed by atoms with Crippen molar-refractivity contribution in [2.45, 2.75) is 32.7 Å². The number of para-hydroxylation sites is 1. The maximum Gasteiger partial charge on any atom is 0.326 e. The smallest absolute Gasteiger partial charge is 0.326 e. The molecule has 0 aliphatic heterocycles. The Bertz CT molecular complexity index is 381. The van der Waals surface area contributed by atoms with Gasteiger partial charge in [0.2, 0.25) is 0 Å². The van der Waals surface area contributed by atoms with Gasteiger partial charge in [0.25, 0.3) is 0 Å². The summed E-state index contributed by atoms with van der Waals surface area (Å²) >= 11 is 0. The number of anilines is 1. The van der Waals surface area contributed by atoms with Gasteiger partial charge in [0.15, 0.2) is 0 Å². The van der Waals surface area contributed by atoms with Crippen molar-refractivity contribution < 1.29 is 14.3 Å². The molecule has 0 heterocycles. The van der Waals surface area contributed by atoms with Crippen molar-refractivity contribution in [3.8, 4) is 0 Å². The second-order valence-corrected chi connectivity index (χ2v) is 3.91. The minimum atomic E-state index is -0.913. The summed E-state index contributed by atoms with van der Waals surface area (Å²) < 4.78 is 13.7. The third-order valence-electron chi connectivity index (χ3n) is 2.67. The van der Waals surface area contributed by atoms with Crippen molar-refractivity contribution in [2.24, 2.45) is 0 Å². The fraction of sp³-hybridized carbons (Fsp3) is 0.462. The first-order valence-electron chi connectivity index (χ1n) is 5.85. The molecule has 0 saturated carbocycles. The fourth-order valence-corrected chi connectivity index (χ4v) is 1.90. The quantitative estimate of drug-likeness (QED) is 0.829. The van der Waals surface area contributed by atoms with Crippen molar-refractivity contribution >= 4 is 11.7 Å². The second-order valence-electron chi connectivity index (χ2n) is 3.91. The molecule has 0 fully saturated rings. The molecule has 0 saturated heterocycles. The van der Waals surface area contributed by atoms with Gasteiger partial charge in [-0.15, -0.1) is 0 Å². The summed E-state index contributed by atoms with van der Waals surface area (Å²) in [4.78, 5) is 12.8. The van der Waals surface area contributed by atoms with Gasteiger partial charge in [0, 0.05) is 6.54 Å². The topological polar surface area (TPSA) is 40.5 Å². The monoisotopic (exact) mass is 239 g/mol. The Balaban J connectivity index is 3.08. The van der Waals surface area contributed by atoms with Crippen LogP contribution in [0.1, 0.15) is 26.7 Å². The van der Waals surface area contributed by atoms with Gasteiger partial charge in [-0.3, -0.25) is 0 Å². The summed E-state index contributed by atoms with van der Waals surface area (Å²) in [7, 11) is 0. The molecule has 0 bridgehead atoms. The van der Waals surface area contributed by atoms with Crippen molar-refractivity contribution in [1.29, 1.82) is 0 Å². The van der Waals surface area contributed by atoms with Crippen LogP contribution in [0.25, 0.3) is 0 Å². The number of aliphatic carboxylic acids is 1. The van der Waals surface area contributed by atoms with E-state index in [0.29, 0.717) is 18.7 Å². The largest absolute Gasteiger partial charge is 0.480 e. The zero-order valence-corrected chi connectivity index (χ0v) is 10.2. The third kappa shape index (κ3) is 3.19. The van der Waals surface area contributed by atoms with Crippen LogP contribution in [-0.2, 0) is 4.79 Å². The van der Waals surface area contributed by atoms with Gasteiger partial charge in [0.05, 0.1) is 5.69 Å². The van der Waals surface area contributed by atoms with Crippen LogP contribution in [-0.4, -0.2) is 23.7 Å². The van der Waals surface area contributed by atoms with Gasteiger partial charge in [-0.2, -0.15) is 0 Å². The zero-order chi connectivity index (χ0) is 12.8. The highest BCUT2D eigenvalue weighted by molar-refractivity contribution is 5.78. The predicted molar refractivity (Wildman–Crippen MR) is 65.8 cm³/mol. The number of carboxylic acids is 1. The van der Waals surface area contributed by atoms with E-state index in [0.717, 1.165) is 6.42 Å². The van der Waals surface area contributed by atoms with Crippen molar-refractivity contribution in [3.05, 3.63) is 30.1 Å². The summed E-state index contributed by atoms with van der Waals surface area (Å²) in [5.74, 6) is -1.29. The Morgan fingerprint density at radius 2 is 2.06 bits per heavy atom. The van der Waals surface area contributed by atoms with Gasteiger partial charge in [0.1, 0.15) is 11.9 Å². The van der Waals surface area contributed by atoms with E-state index in [1.165, 1.54) is 6.07 Å². The Kier molecular flexibility index (Phi) is 4.94. The molecule has 1 aromatic carbocycles. The maximum atomic E-state index is 13.7. The lowest BCUT2D eigenvalue weighted by molar-refractivity contribution is -0.138. The van der Waals surface area contributed by atoms with E-state index in [1.807, 2.05) is 6.92 Å². The standard InChI is InChI=1S/C13H18FNO2/c1-3-9-15(11(4-2)13(16)17)12-8-6-5-7-10(12)14/h5-8,11H,3-4,9H2,1-2H3,(H,16,17)/t11-/m1/s1. The van der Waals surface area contributed by atoms with Crippen molar-refractivity contribution in [1.82, 2.24) is 0 Å². The Hall–Kier alpha value is -1.58. The SMILES string of the molecule is CCCN(c1ccccc1F)[C@H](CC)C(=O)O. The molecule has 0 unspecified atom stereocenters. The zero-order valence-electron chi connectivity index (χ0n) is 10.2. The van der Waals surface area contributed by atoms with Crippen LogP contribution in [0.2, 0.25) is 0 Å². The van der Waals surface area contributed by atoms with Gasteiger partial charge < -0.3 is 10.0 Å². The molecule has 0 aliphatic rings. The van der Waals surface area contributed by atoms with Crippen molar-refractivity contribution in [3.63, 3.8) is 0 Å². The molecule has 0 amide bonds. The molecule has 0 aliphatic carbocycles. The van der Waals surface area contributed by atoms with E-state index < -0.39 is 12.0 Å². The van der Waals surface area contributed by atoms with E-state index in [9.17, 15) is 9.18 Å². The minimum Gasteiger partial charge on any atom is -0.480 e. The molecule has 0 aromatic heterocycles. The Labute approximate surface area is 101 Å². The summed E-state index contributed by atoms with van der Waals surface area (Å²) in [6, 6.07) is 5.62.